The molecule has 0 spiro atoms. The molecule has 0 radical (unpaired) electrons. The summed E-state index contributed by atoms with van der Waals surface area (Å²) in [6.07, 6.45) is 4.76. The number of carbonyl (C=O) groups excluding carboxylic acids is 1. The predicted octanol–water partition coefficient (Wildman–Crippen LogP) is 5.03. The molecular weight excluding hydrogens is 343 g/mol. The Balaban J connectivity index is 1.75. The topological polar surface area (TPSA) is 41.5 Å². The van der Waals surface area contributed by atoms with Gasteiger partial charge in [0.15, 0.2) is 0 Å². The zero-order chi connectivity index (χ0) is 17.1. The third-order valence-electron chi connectivity index (χ3n) is 4.27. The molecule has 0 atom stereocenters. The van der Waals surface area contributed by atoms with Crippen LogP contribution in [-0.2, 0) is 12.8 Å². The maximum absolute atomic E-state index is 12.2. The first kappa shape index (κ1) is 17.0. The van der Waals surface area contributed by atoms with E-state index in [9.17, 15) is 4.79 Å². The zero-order valence-corrected chi connectivity index (χ0v) is 14.9. The smallest absolute Gasteiger partial charge is 0.267 e. The molecule has 0 unspecified atom stereocenters. The zero-order valence-electron chi connectivity index (χ0n) is 13.4. The molecule has 1 aliphatic carbocycles. The summed E-state index contributed by atoms with van der Waals surface area (Å²) in [5, 5.41) is 5.01. The van der Waals surface area contributed by atoms with Gasteiger partial charge in [-0.05, 0) is 73.6 Å². The highest BCUT2D eigenvalue weighted by molar-refractivity contribution is 6.36. The number of hydrogen-bond acceptors (Lipinski definition) is 2. The van der Waals surface area contributed by atoms with Crippen molar-refractivity contribution in [3.8, 4) is 0 Å². The average Bonchev–Trinajstić information content (AvgIpc) is 2.59. The van der Waals surface area contributed by atoms with Crippen LogP contribution in [0.5, 0.6) is 0 Å². The van der Waals surface area contributed by atoms with Crippen molar-refractivity contribution < 1.29 is 4.79 Å². The second kappa shape index (κ2) is 7.37. The van der Waals surface area contributed by atoms with Gasteiger partial charge in [0.25, 0.3) is 5.91 Å². The van der Waals surface area contributed by atoms with Crippen molar-refractivity contribution in [2.75, 3.05) is 0 Å². The van der Waals surface area contributed by atoms with E-state index in [0.29, 0.717) is 15.6 Å². The number of fused-ring (bicyclic) bond motifs is 1. The lowest BCUT2D eigenvalue weighted by atomic mass is 9.90. The molecule has 124 valence electrons. The fraction of sp³-hybridized carbons (Fsp3) is 0.263. The third kappa shape index (κ3) is 3.80. The summed E-state index contributed by atoms with van der Waals surface area (Å²) in [7, 11) is 0. The molecule has 2 aromatic rings. The molecule has 24 heavy (non-hydrogen) atoms. The third-order valence-corrected chi connectivity index (χ3v) is 4.81. The first-order chi connectivity index (χ1) is 11.5. The highest BCUT2D eigenvalue weighted by Gasteiger charge is 2.12. The summed E-state index contributed by atoms with van der Waals surface area (Å²) in [4.78, 5) is 12.2. The lowest BCUT2D eigenvalue weighted by Gasteiger charge is -2.16. The molecule has 5 heteroatoms. The number of halogens is 2. The van der Waals surface area contributed by atoms with E-state index in [1.54, 1.807) is 12.1 Å². The lowest BCUT2D eigenvalue weighted by Crippen LogP contribution is -2.19. The van der Waals surface area contributed by atoms with Gasteiger partial charge in [-0.25, -0.2) is 5.43 Å². The van der Waals surface area contributed by atoms with Gasteiger partial charge in [-0.1, -0.05) is 35.3 Å². The van der Waals surface area contributed by atoms with E-state index >= 15 is 0 Å². The quantitative estimate of drug-likeness (QED) is 0.605. The monoisotopic (exact) mass is 360 g/mol. The lowest BCUT2D eigenvalue weighted by molar-refractivity contribution is 0.0955. The first-order valence-corrected chi connectivity index (χ1v) is 8.72. The van der Waals surface area contributed by atoms with Gasteiger partial charge in [0.05, 0.1) is 16.3 Å². The molecule has 0 bridgehead atoms. The fourth-order valence-electron chi connectivity index (χ4n) is 2.89. The van der Waals surface area contributed by atoms with Crippen LogP contribution in [-0.4, -0.2) is 11.6 Å². The summed E-state index contributed by atoms with van der Waals surface area (Å²) in [6, 6.07) is 11.2. The van der Waals surface area contributed by atoms with Crippen LogP contribution in [0.3, 0.4) is 0 Å². The van der Waals surface area contributed by atoms with E-state index in [-0.39, 0.29) is 5.91 Å². The van der Waals surface area contributed by atoms with E-state index in [0.717, 1.165) is 24.1 Å². The predicted molar refractivity (Wildman–Crippen MR) is 99.2 cm³/mol. The number of rotatable bonds is 3. The molecule has 1 amide bonds. The van der Waals surface area contributed by atoms with Crippen LogP contribution in [0.1, 0.15) is 46.8 Å². The van der Waals surface area contributed by atoms with Crippen molar-refractivity contribution >= 4 is 34.8 Å². The number of hydrogen-bond donors (Lipinski definition) is 1. The van der Waals surface area contributed by atoms with Crippen LogP contribution in [0.15, 0.2) is 41.5 Å². The van der Waals surface area contributed by atoms with E-state index in [4.69, 9.17) is 23.2 Å². The maximum atomic E-state index is 12.2. The molecule has 0 saturated heterocycles. The van der Waals surface area contributed by atoms with Crippen molar-refractivity contribution in [1.29, 1.82) is 0 Å². The van der Waals surface area contributed by atoms with Crippen LogP contribution in [0.2, 0.25) is 10.0 Å². The summed E-state index contributed by atoms with van der Waals surface area (Å²) < 4.78 is 0. The molecular formula is C19H18Cl2N2O. The summed E-state index contributed by atoms with van der Waals surface area (Å²) in [5.41, 5.74) is 7.52. The SMILES string of the molecule is CC(=NNC(=O)c1ccc(Cl)cc1Cl)c1ccc2c(c1)CCCC2. The van der Waals surface area contributed by atoms with Crippen LogP contribution in [0.4, 0.5) is 0 Å². The minimum atomic E-state index is -0.353. The van der Waals surface area contributed by atoms with Crippen LogP contribution >= 0.6 is 23.2 Å². The van der Waals surface area contributed by atoms with Crippen LogP contribution < -0.4 is 5.43 Å². The van der Waals surface area contributed by atoms with Gasteiger partial charge in [-0.3, -0.25) is 4.79 Å². The standard InChI is InChI=1S/C19H18Cl2N2O/c1-12(14-7-6-13-4-2-3-5-15(13)10-14)22-23-19(24)17-9-8-16(20)11-18(17)21/h6-11H,2-5H2,1H3,(H,23,24). The van der Waals surface area contributed by atoms with Gasteiger partial charge in [-0.15, -0.1) is 0 Å². The minimum Gasteiger partial charge on any atom is -0.267 e. The van der Waals surface area contributed by atoms with Crippen molar-refractivity contribution in [2.24, 2.45) is 5.10 Å². The Kier molecular flexibility index (Phi) is 5.22. The second-order valence-electron chi connectivity index (χ2n) is 5.95. The minimum absolute atomic E-state index is 0.307. The highest BCUT2D eigenvalue weighted by atomic mass is 35.5. The Morgan fingerprint density at radius 1 is 1.04 bits per heavy atom. The number of nitrogens with one attached hydrogen (secondary N) is 1. The molecule has 0 aliphatic heterocycles. The summed E-state index contributed by atoms with van der Waals surface area (Å²) in [5.74, 6) is -0.353. The molecule has 1 N–H and O–H groups in total. The fourth-order valence-corrected chi connectivity index (χ4v) is 3.39. The van der Waals surface area contributed by atoms with E-state index in [2.05, 4.69) is 28.7 Å². The molecule has 3 rings (SSSR count). The molecule has 0 heterocycles. The van der Waals surface area contributed by atoms with Gasteiger partial charge >= 0.3 is 0 Å². The number of benzene rings is 2. The Morgan fingerprint density at radius 3 is 2.54 bits per heavy atom. The molecule has 3 nitrogen and oxygen atoms in total. The van der Waals surface area contributed by atoms with E-state index < -0.39 is 0 Å². The Morgan fingerprint density at radius 2 is 1.79 bits per heavy atom. The number of nitrogens with zero attached hydrogens (tertiary/aromatic N) is 1. The Bertz CT molecular complexity index is 815. The first-order valence-electron chi connectivity index (χ1n) is 7.96. The Hall–Kier alpha value is -1.84. The normalized spacial score (nSPS) is 14.2. The number of hydrazone groups is 1. The van der Waals surface area contributed by atoms with Gasteiger partial charge in [0.1, 0.15) is 0 Å². The molecule has 0 fully saturated rings. The van der Waals surface area contributed by atoms with Crippen molar-refractivity contribution in [1.82, 2.24) is 5.43 Å². The van der Waals surface area contributed by atoms with E-state index in [1.165, 1.54) is 30.0 Å². The van der Waals surface area contributed by atoms with Crippen molar-refractivity contribution in [2.45, 2.75) is 32.6 Å². The summed E-state index contributed by atoms with van der Waals surface area (Å²) in [6.45, 7) is 1.88. The molecule has 0 saturated carbocycles. The average molecular weight is 361 g/mol. The Labute approximate surface area is 151 Å². The van der Waals surface area contributed by atoms with Gasteiger partial charge < -0.3 is 0 Å². The number of aryl methyl sites for hydroxylation is 2. The second-order valence-corrected chi connectivity index (χ2v) is 6.80. The molecule has 1 aliphatic rings. The van der Waals surface area contributed by atoms with Gasteiger partial charge in [-0.2, -0.15) is 5.10 Å². The van der Waals surface area contributed by atoms with Crippen LogP contribution in [0.25, 0.3) is 0 Å². The molecule has 2 aromatic carbocycles. The molecule has 0 aromatic heterocycles. The van der Waals surface area contributed by atoms with E-state index in [1.807, 2.05) is 6.92 Å². The summed E-state index contributed by atoms with van der Waals surface area (Å²) >= 11 is 11.9. The largest absolute Gasteiger partial charge is 0.272 e. The number of carbonyl (C=O) groups is 1. The van der Waals surface area contributed by atoms with Crippen LogP contribution in [0, 0.1) is 0 Å². The number of amides is 1. The highest BCUT2D eigenvalue weighted by Crippen LogP contribution is 2.23. The van der Waals surface area contributed by atoms with Gasteiger partial charge in [0.2, 0.25) is 0 Å². The van der Waals surface area contributed by atoms with Gasteiger partial charge in [0, 0.05) is 5.02 Å². The maximum Gasteiger partial charge on any atom is 0.272 e. The van der Waals surface area contributed by atoms with Crippen molar-refractivity contribution in [3.05, 3.63) is 68.7 Å². The van der Waals surface area contributed by atoms with Crippen molar-refractivity contribution in [3.63, 3.8) is 0 Å².